The van der Waals surface area contributed by atoms with Crippen molar-refractivity contribution in [1.29, 1.82) is 0 Å². The van der Waals surface area contributed by atoms with Gasteiger partial charge in [0, 0.05) is 25.0 Å². The number of nitrogens with two attached hydrogens (primary N) is 1. The lowest BCUT2D eigenvalue weighted by atomic mass is 10.0. The molecule has 4 aliphatic rings. The molecule has 0 aromatic heterocycles. The van der Waals surface area contributed by atoms with Crippen LogP contribution >= 0.6 is 0 Å². The van der Waals surface area contributed by atoms with Crippen LogP contribution in [0.15, 0.2) is 12.2 Å². The Morgan fingerprint density at radius 2 is 1.87 bits per heavy atom. The Morgan fingerprint density at radius 1 is 1.10 bits per heavy atom. The van der Waals surface area contributed by atoms with Crippen LogP contribution in [0.1, 0.15) is 84.0 Å². The molecule has 218 valence electrons. The monoisotopic (exact) mass is 567 g/mol. The second kappa shape index (κ2) is 12.2. The zero-order valence-corrected chi connectivity index (χ0v) is 23.4. The zero-order valence-electron chi connectivity index (χ0n) is 22.6. The minimum atomic E-state index is -4.10. The SMILES string of the molecule is CCC1CCCCN1S(=O)(=O)NC(=O)C12CC1/C=C\CCCCCC(OC(N)=O)C(=O)N1CCCC1C(=O)N2. The van der Waals surface area contributed by atoms with Crippen molar-refractivity contribution in [2.24, 2.45) is 11.7 Å². The fourth-order valence-electron chi connectivity index (χ4n) is 6.14. The topological polar surface area (TPSA) is 168 Å². The Bertz CT molecular complexity index is 1100. The summed E-state index contributed by atoms with van der Waals surface area (Å²) in [6.45, 7) is 2.58. The molecule has 39 heavy (non-hydrogen) atoms. The van der Waals surface area contributed by atoms with Gasteiger partial charge < -0.3 is 20.7 Å². The summed E-state index contributed by atoms with van der Waals surface area (Å²) in [5.41, 5.74) is 3.79. The van der Waals surface area contributed by atoms with E-state index in [4.69, 9.17) is 10.5 Å². The number of allylic oxidation sites excluding steroid dienone is 1. The number of ether oxygens (including phenoxy) is 1. The minimum absolute atomic E-state index is 0.174. The van der Waals surface area contributed by atoms with Crippen LogP contribution in [0.2, 0.25) is 0 Å². The molecular weight excluding hydrogens is 526 g/mol. The molecule has 3 fully saturated rings. The molecule has 3 heterocycles. The van der Waals surface area contributed by atoms with Gasteiger partial charge in [-0.1, -0.05) is 31.9 Å². The van der Waals surface area contributed by atoms with Crippen molar-refractivity contribution in [2.45, 2.75) is 108 Å². The van der Waals surface area contributed by atoms with Gasteiger partial charge in [0.25, 0.3) is 11.8 Å². The quantitative estimate of drug-likeness (QED) is 0.423. The number of rotatable bonds is 5. The molecule has 0 spiro atoms. The molecule has 2 saturated heterocycles. The normalized spacial score (nSPS) is 33.5. The van der Waals surface area contributed by atoms with Crippen molar-refractivity contribution in [3.8, 4) is 0 Å². The van der Waals surface area contributed by atoms with Gasteiger partial charge >= 0.3 is 16.3 Å². The highest BCUT2D eigenvalue weighted by Crippen LogP contribution is 2.46. The van der Waals surface area contributed by atoms with E-state index in [1.807, 2.05) is 19.1 Å². The highest BCUT2D eigenvalue weighted by atomic mass is 32.2. The van der Waals surface area contributed by atoms with E-state index in [-0.39, 0.29) is 18.4 Å². The molecule has 4 rings (SSSR count). The number of hydrogen-bond donors (Lipinski definition) is 3. The van der Waals surface area contributed by atoms with Gasteiger partial charge in [0.05, 0.1) is 0 Å². The number of fused-ring (bicyclic) bond motifs is 2. The molecule has 4 N–H and O–H groups in total. The number of piperidine rings is 1. The third-order valence-electron chi connectivity index (χ3n) is 8.42. The summed E-state index contributed by atoms with van der Waals surface area (Å²) >= 11 is 0. The van der Waals surface area contributed by atoms with Crippen LogP contribution in [0.5, 0.6) is 0 Å². The predicted molar refractivity (Wildman–Crippen MR) is 142 cm³/mol. The number of carbonyl (C=O) groups is 4. The van der Waals surface area contributed by atoms with Crippen molar-refractivity contribution in [2.75, 3.05) is 13.1 Å². The molecule has 13 heteroatoms. The molecular formula is C26H41N5O7S. The van der Waals surface area contributed by atoms with E-state index in [0.717, 1.165) is 38.5 Å². The fourth-order valence-corrected chi connectivity index (χ4v) is 7.69. The number of nitrogens with one attached hydrogen (secondary N) is 2. The van der Waals surface area contributed by atoms with E-state index in [2.05, 4.69) is 10.0 Å². The number of primary amides is 1. The summed E-state index contributed by atoms with van der Waals surface area (Å²) in [5, 5.41) is 2.82. The average molecular weight is 568 g/mol. The number of hydrogen-bond acceptors (Lipinski definition) is 7. The molecule has 0 radical (unpaired) electrons. The van der Waals surface area contributed by atoms with Gasteiger partial charge in [0.2, 0.25) is 5.91 Å². The van der Waals surface area contributed by atoms with Gasteiger partial charge in [-0.15, -0.1) is 0 Å². The molecule has 0 aromatic rings. The van der Waals surface area contributed by atoms with Crippen LogP contribution in [-0.2, 0) is 29.3 Å². The lowest BCUT2D eigenvalue weighted by Crippen LogP contribution is -2.59. The lowest BCUT2D eigenvalue weighted by Gasteiger charge is -2.34. The Hall–Kier alpha value is -2.67. The second-order valence-electron chi connectivity index (χ2n) is 11.1. The maximum absolute atomic E-state index is 13.6. The summed E-state index contributed by atoms with van der Waals surface area (Å²) in [4.78, 5) is 53.3. The van der Waals surface area contributed by atoms with Crippen LogP contribution in [-0.4, -0.2) is 78.3 Å². The van der Waals surface area contributed by atoms with Gasteiger partial charge in [0.1, 0.15) is 11.6 Å². The molecule has 0 aromatic carbocycles. The van der Waals surface area contributed by atoms with E-state index in [1.54, 1.807) is 0 Å². The zero-order chi connectivity index (χ0) is 28.2. The average Bonchev–Trinajstić information content (AvgIpc) is 3.36. The first-order chi connectivity index (χ1) is 18.6. The molecule has 5 atom stereocenters. The highest BCUT2D eigenvalue weighted by molar-refractivity contribution is 7.87. The molecule has 4 amide bonds. The minimum Gasteiger partial charge on any atom is -0.436 e. The highest BCUT2D eigenvalue weighted by Gasteiger charge is 2.61. The number of nitrogens with zero attached hydrogens (tertiary/aromatic N) is 2. The largest absolute Gasteiger partial charge is 0.436 e. The maximum atomic E-state index is 13.6. The molecule has 12 nitrogen and oxygen atoms in total. The predicted octanol–water partition coefficient (Wildman–Crippen LogP) is 1.46. The summed E-state index contributed by atoms with van der Waals surface area (Å²) < 4.78 is 35.3. The van der Waals surface area contributed by atoms with E-state index in [1.165, 1.54) is 9.21 Å². The summed E-state index contributed by atoms with van der Waals surface area (Å²) in [5.74, 6) is -2.13. The second-order valence-corrected chi connectivity index (χ2v) is 12.7. The van der Waals surface area contributed by atoms with Crippen LogP contribution in [0.3, 0.4) is 0 Å². The Labute approximate surface area is 230 Å². The van der Waals surface area contributed by atoms with Gasteiger partial charge in [-0.3, -0.25) is 14.4 Å². The van der Waals surface area contributed by atoms with Gasteiger partial charge in [-0.25, -0.2) is 9.52 Å². The third kappa shape index (κ3) is 6.56. The molecule has 1 aliphatic carbocycles. The van der Waals surface area contributed by atoms with Crippen LogP contribution < -0.4 is 15.8 Å². The summed E-state index contributed by atoms with van der Waals surface area (Å²) in [6.07, 6.45) is 9.23. The van der Waals surface area contributed by atoms with E-state index >= 15 is 0 Å². The smallest absolute Gasteiger partial charge is 0.405 e. The van der Waals surface area contributed by atoms with Crippen molar-refractivity contribution in [3.63, 3.8) is 0 Å². The van der Waals surface area contributed by atoms with Crippen molar-refractivity contribution in [1.82, 2.24) is 19.2 Å². The Morgan fingerprint density at radius 3 is 2.62 bits per heavy atom. The van der Waals surface area contributed by atoms with Crippen molar-refractivity contribution < 1.29 is 32.3 Å². The van der Waals surface area contributed by atoms with Crippen LogP contribution in [0.4, 0.5) is 4.79 Å². The molecule has 5 unspecified atom stereocenters. The first-order valence-electron chi connectivity index (χ1n) is 14.2. The summed E-state index contributed by atoms with van der Waals surface area (Å²) in [6, 6.07) is -1.03. The Kier molecular flexibility index (Phi) is 9.20. The standard InChI is InChI=1S/C26H41N5O7S/c1-2-19-12-8-9-16-31(19)39(36,37)29-24(34)26-17-18(26)11-6-4-3-5-7-14-21(38-25(27)35)23(33)30-15-10-13-20(30)22(32)28-26/h6,11,18-21H,2-5,7-10,12-17H2,1H3,(H2,27,35)(H,28,32)(H,29,34)/b11-6-. The number of carbonyl (C=O) groups excluding carboxylic acids is 4. The summed E-state index contributed by atoms with van der Waals surface area (Å²) in [7, 11) is -4.10. The van der Waals surface area contributed by atoms with Gasteiger partial charge in [-0.05, 0) is 64.2 Å². The van der Waals surface area contributed by atoms with E-state index < -0.39 is 51.7 Å². The fraction of sp³-hybridized carbons (Fsp3) is 0.769. The maximum Gasteiger partial charge on any atom is 0.405 e. The van der Waals surface area contributed by atoms with Crippen molar-refractivity contribution >= 4 is 34.0 Å². The van der Waals surface area contributed by atoms with Gasteiger partial charge in [-0.2, -0.15) is 12.7 Å². The first-order valence-corrected chi connectivity index (χ1v) is 15.6. The molecule has 1 saturated carbocycles. The molecule has 3 aliphatic heterocycles. The number of amides is 4. The van der Waals surface area contributed by atoms with Crippen LogP contribution in [0, 0.1) is 5.92 Å². The van der Waals surface area contributed by atoms with E-state index in [0.29, 0.717) is 45.2 Å². The van der Waals surface area contributed by atoms with Gasteiger partial charge in [0.15, 0.2) is 6.10 Å². The molecule has 0 bridgehead atoms. The van der Waals surface area contributed by atoms with Crippen LogP contribution in [0.25, 0.3) is 0 Å². The van der Waals surface area contributed by atoms with E-state index in [9.17, 15) is 27.6 Å². The lowest BCUT2D eigenvalue weighted by molar-refractivity contribution is -0.146. The first kappa shape index (κ1) is 29.3. The Balaban J connectivity index is 1.56. The third-order valence-corrected chi connectivity index (χ3v) is 9.96. The van der Waals surface area contributed by atoms with Crippen molar-refractivity contribution in [3.05, 3.63) is 12.2 Å².